The summed E-state index contributed by atoms with van der Waals surface area (Å²) in [6.07, 6.45) is -0.364. The Balaban J connectivity index is 2.47. The first-order chi connectivity index (χ1) is 10.0. The van der Waals surface area contributed by atoms with Crippen LogP contribution in [0.4, 0.5) is 0 Å². The van der Waals surface area contributed by atoms with Crippen LogP contribution in [0.25, 0.3) is 5.69 Å². The minimum absolute atomic E-state index is 0.110. The number of aryl methyl sites for hydroxylation is 1. The van der Waals surface area contributed by atoms with Crippen LogP contribution < -0.4 is 5.32 Å². The van der Waals surface area contributed by atoms with Gasteiger partial charge >= 0.3 is 0 Å². The number of rotatable bonds is 6. The fourth-order valence-electron chi connectivity index (χ4n) is 2.06. The van der Waals surface area contributed by atoms with Crippen molar-refractivity contribution in [1.82, 2.24) is 15.1 Å². The second-order valence-electron chi connectivity index (χ2n) is 5.21. The van der Waals surface area contributed by atoms with E-state index in [-0.39, 0.29) is 11.4 Å². The van der Waals surface area contributed by atoms with Crippen molar-refractivity contribution < 1.29 is 5.11 Å². The monoisotopic (exact) mass is 305 g/mol. The summed E-state index contributed by atoms with van der Waals surface area (Å²) in [5.74, 6) is 0. The molecule has 0 fully saturated rings. The van der Waals surface area contributed by atoms with E-state index in [2.05, 4.69) is 10.4 Å². The van der Waals surface area contributed by atoms with Crippen LogP contribution in [0.3, 0.4) is 0 Å². The lowest BCUT2D eigenvalue weighted by Gasteiger charge is -2.16. The molecule has 5 heteroatoms. The number of thioether (sulfide) groups is 1. The van der Waals surface area contributed by atoms with E-state index in [1.54, 1.807) is 11.8 Å². The van der Waals surface area contributed by atoms with E-state index in [0.717, 1.165) is 23.0 Å². The average Bonchev–Trinajstić information content (AvgIpc) is 2.77. The first-order valence-electron chi connectivity index (χ1n) is 7.17. The quantitative estimate of drug-likeness (QED) is 0.806. The fraction of sp³-hybridized carbons (Fsp3) is 0.438. The Morgan fingerprint density at radius 1 is 1.29 bits per heavy atom. The number of nitrogens with one attached hydrogen (secondary N) is 1. The van der Waals surface area contributed by atoms with Gasteiger partial charge in [-0.2, -0.15) is 5.10 Å². The van der Waals surface area contributed by atoms with Gasteiger partial charge in [-0.05, 0) is 33.0 Å². The average molecular weight is 305 g/mol. The van der Waals surface area contributed by atoms with Crippen molar-refractivity contribution in [3.05, 3.63) is 41.6 Å². The molecule has 0 saturated carbocycles. The normalized spacial score (nSPS) is 14.1. The zero-order valence-corrected chi connectivity index (χ0v) is 13.8. The second-order valence-corrected chi connectivity index (χ2v) is 6.58. The Morgan fingerprint density at radius 3 is 2.52 bits per heavy atom. The van der Waals surface area contributed by atoms with Gasteiger partial charge in [0.05, 0.1) is 17.5 Å². The number of para-hydroxylation sites is 1. The summed E-state index contributed by atoms with van der Waals surface area (Å²) in [5, 5.41) is 18.9. The molecule has 0 radical (unpaired) electrons. The van der Waals surface area contributed by atoms with Crippen molar-refractivity contribution in [2.75, 3.05) is 7.05 Å². The molecule has 2 rings (SSSR count). The van der Waals surface area contributed by atoms with Crippen molar-refractivity contribution in [2.45, 2.75) is 43.7 Å². The molecule has 21 heavy (non-hydrogen) atoms. The number of nitrogens with zero attached hydrogens (tertiary/aromatic N) is 2. The molecule has 0 aliphatic rings. The largest absolute Gasteiger partial charge is 0.392 e. The predicted molar refractivity (Wildman–Crippen MR) is 88.1 cm³/mol. The number of hydrogen-bond donors (Lipinski definition) is 2. The zero-order chi connectivity index (χ0) is 15.4. The van der Waals surface area contributed by atoms with E-state index < -0.39 is 0 Å². The van der Waals surface area contributed by atoms with Gasteiger partial charge in [-0.3, -0.25) is 0 Å². The lowest BCUT2D eigenvalue weighted by molar-refractivity contribution is 0.196. The van der Waals surface area contributed by atoms with Crippen LogP contribution >= 0.6 is 11.8 Å². The maximum atomic E-state index is 9.81. The minimum Gasteiger partial charge on any atom is -0.392 e. The minimum atomic E-state index is -0.364. The Kier molecular flexibility index (Phi) is 5.45. The summed E-state index contributed by atoms with van der Waals surface area (Å²) in [6.45, 7) is 6.67. The van der Waals surface area contributed by atoms with E-state index in [1.165, 1.54) is 5.56 Å². The number of benzene rings is 1. The smallest absolute Gasteiger partial charge is 0.105 e. The van der Waals surface area contributed by atoms with Crippen LogP contribution in [0.1, 0.15) is 25.1 Å². The molecule has 1 aromatic heterocycles. The van der Waals surface area contributed by atoms with Gasteiger partial charge in [0.1, 0.15) is 5.03 Å². The molecule has 2 aromatic rings. The molecule has 2 unspecified atom stereocenters. The van der Waals surface area contributed by atoms with Gasteiger partial charge in [0.15, 0.2) is 0 Å². The van der Waals surface area contributed by atoms with Gasteiger partial charge in [0.2, 0.25) is 0 Å². The molecule has 0 aliphatic heterocycles. The highest BCUT2D eigenvalue weighted by Gasteiger charge is 2.20. The number of aliphatic hydroxyl groups is 1. The Bertz CT molecular complexity index is 581. The van der Waals surface area contributed by atoms with Crippen LogP contribution in [0.5, 0.6) is 0 Å². The molecule has 0 aliphatic carbocycles. The Morgan fingerprint density at radius 2 is 1.95 bits per heavy atom. The van der Waals surface area contributed by atoms with Crippen LogP contribution in [-0.4, -0.2) is 33.3 Å². The van der Waals surface area contributed by atoms with E-state index in [9.17, 15) is 5.11 Å². The summed E-state index contributed by atoms with van der Waals surface area (Å²) in [7, 11) is 1.94. The molecule has 2 atom stereocenters. The van der Waals surface area contributed by atoms with Gasteiger partial charge in [-0.25, -0.2) is 4.68 Å². The van der Waals surface area contributed by atoms with Gasteiger partial charge in [-0.15, -0.1) is 11.8 Å². The molecule has 1 heterocycles. The van der Waals surface area contributed by atoms with E-state index in [1.807, 2.05) is 62.8 Å². The van der Waals surface area contributed by atoms with Crippen LogP contribution in [0, 0.1) is 6.92 Å². The van der Waals surface area contributed by atoms with Crippen LogP contribution in [0.2, 0.25) is 0 Å². The van der Waals surface area contributed by atoms with E-state index in [4.69, 9.17) is 0 Å². The summed E-state index contributed by atoms with van der Waals surface area (Å²) in [5.41, 5.74) is 3.26. The Hall–Kier alpha value is -1.30. The van der Waals surface area contributed by atoms with Gasteiger partial charge in [0.25, 0.3) is 0 Å². The molecule has 0 bridgehead atoms. The molecule has 0 amide bonds. The molecular formula is C16H23N3OS. The number of aromatic nitrogens is 2. The summed E-state index contributed by atoms with van der Waals surface area (Å²) in [6, 6.07) is 10.1. The summed E-state index contributed by atoms with van der Waals surface area (Å²) in [4.78, 5) is 0. The van der Waals surface area contributed by atoms with Gasteiger partial charge < -0.3 is 10.4 Å². The fourth-order valence-corrected chi connectivity index (χ4v) is 3.22. The van der Waals surface area contributed by atoms with Gasteiger partial charge in [0, 0.05) is 17.4 Å². The lowest BCUT2D eigenvalue weighted by atomic mass is 10.2. The SMILES string of the molecule is CNCc1c(C)nn(-c2ccccc2)c1SC(C)C(C)O. The highest BCUT2D eigenvalue weighted by atomic mass is 32.2. The van der Waals surface area contributed by atoms with Crippen molar-refractivity contribution in [1.29, 1.82) is 0 Å². The number of aliphatic hydroxyl groups excluding tert-OH is 1. The molecule has 0 spiro atoms. The van der Waals surface area contributed by atoms with Crippen molar-refractivity contribution in [2.24, 2.45) is 0 Å². The third-order valence-electron chi connectivity index (χ3n) is 3.47. The molecule has 0 saturated heterocycles. The van der Waals surface area contributed by atoms with E-state index >= 15 is 0 Å². The number of hydrogen-bond acceptors (Lipinski definition) is 4. The Labute approximate surface area is 130 Å². The summed E-state index contributed by atoms with van der Waals surface area (Å²) < 4.78 is 1.98. The molecule has 114 valence electrons. The standard InChI is InChI=1S/C16H23N3OS/c1-11-15(10-17-4)16(21-13(3)12(2)20)19(18-11)14-8-6-5-7-9-14/h5-9,12-13,17,20H,10H2,1-4H3. The molecule has 4 nitrogen and oxygen atoms in total. The maximum Gasteiger partial charge on any atom is 0.105 e. The lowest BCUT2D eigenvalue weighted by Crippen LogP contribution is -2.17. The van der Waals surface area contributed by atoms with Crippen molar-refractivity contribution in [3.63, 3.8) is 0 Å². The van der Waals surface area contributed by atoms with Crippen LogP contribution in [-0.2, 0) is 6.54 Å². The molecule has 1 aromatic carbocycles. The van der Waals surface area contributed by atoms with E-state index in [0.29, 0.717) is 0 Å². The highest BCUT2D eigenvalue weighted by Crippen LogP contribution is 2.32. The first-order valence-corrected chi connectivity index (χ1v) is 8.05. The topological polar surface area (TPSA) is 50.1 Å². The first kappa shape index (κ1) is 16.1. The zero-order valence-electron chi connectivity index (χ0n) is 13.0. The van der Waals surface area contributed by atoms with Crippen molar-refractivity contribution >= 4 is 11.8 Å². The van der Waals surface area contributed by atoms with Crippen molar-refractivity contribution in [3.8, 4) is 5.69 Å². The maximum absolute atomic E-state index is 9.81. The van der Waals surface area contributed by atoms with Gasteiger partial charge in [-0.1, -0.05) is 25.1 Å². The highest BCUT2D eigenvalue weighted by molar-refractivity contribution is 8.00. The summed E-state index contributed by atoms with van der Waals surface area (Å²) >= 11 is 1.67. The third kappa shape index (κ3) is 3.67. The molecular weight excluding hydrogens is 282 g/mol. The second kappa shape index (κ2) is 7.11. The van der Waals surface area contributed by atoms with Crippen LogP contribution in [0.15, 0.2) is 35.4 Å². The third-order valence-corrected chi connectivity index (χ3v) is 4.88. The molecule has 2 N–H and O–H groups in total. The predicted octanol–water partition coefficient (Wildman–Crippen LogP) is 2.76.